The molecule has 8 nitrogen and oxygen atoms in total. The first-order chi connectivity index (χ1) is 17.5. The van der Waals surface area contributed by atoms with Crippen LogP contribution in [0, 0.1) is 5.82 Å². The lowest BCUT2D eigenvalue weighted by molar-refractivity contribution is 0.0973. The summed E-state index contributed by atoms with van der Waals surface area (Å²) in [5.74, 6) is 0.272. The molecule has 0 aliphatic heterocycles. The van der Waals surface area contributed by atoms with Crippen LogP contribution < -0.4 is 24.8 Å². The van der Waals surface area contributed by atoms with Crippen molar-refractivity contribution in [2.75, 3.05) is 51.2 Å². The minimum Gasteiger partial charge on any atom is -0.494 e. The van der Waals surface area contributed by atoms with Crippen molar-refractivity contribution >= 4 is 28.1 Å². The Kier molecular flexibility index (Phi) is 8.58. The fourth-order valence-electron chi connectivity index (χ4n) is 4.39. The van der Waals surface area contributed by atoms with Crippen LogP contribution in [0.25, 0.3) is 10.8 Å². The van der Waals surface area contributed by atoms with E-state index in [1.807, 2.05) is 45.7 Å². The smallest absolute Gasteiger partial charge is 0.197 e. The molecule has 0 atom stereocenters. The Balaban J connectivity index is 2.10. The molecule has 3 rings (SSSR count). The molecule has 37 heavy (non-hydrogen) atoms. The number of likely N-dealkylation sites (N-methyl/N-ethyl adjacent to an activating group) is 1. The van der Waals surface area contributed by atoms with Gasteiger partial charge in [0.1, 0.15) is 11.6 Å². The molecule has 0 bridgehead atoms. The van der Waals surface area contributed by atoms with Crippen LogP contribution in [0.5, 0.6) is 17.2 Å². The maximum absolute atomic E-state index is 15.4. The highest BCUT2D eigenvalue weighted by atomic mass is 19.1. The summed E-state index contributed by atoms with van der Waals surface area (Å²) in [5.41, 5.74) is 8.05. The highest BCUT2D eigenvalue weighted by Crippen LogP contribution is 2.41. The molecule has 0 fully saturated rings. The van der Waals surface area contributed by atoms with E-state index in [9.17, 15) is 9.90 Å². The molecule has 1 heterocycles. The Morgan fingerprint density at radius 1 is 1.14 bits per heavy atom. The number of anilines is 2. The van der Waals surface area contributed by atoms with Crippen LogP contribution in [-0.2, 0) is 12.0 Å². The molecule has 9 heteroatoms. The first-order valence-corrected chi connectivity index (χ1v) is 12.4. The summed E-state index contributed by atoms with van der Waals surface area (Å²) in [7, 11) is 3.43. The topological polar surface area (TPSA) is 99.2 Å². The van der Waals surface area contributed by atoms with Gasteiger partial charge < -0.3 is 34.5 Å². The number of aromatic nitrogens is 1. The van der Waals surface area contributed by atoms with Crippen LogP contribution in [0.1, 0.15) is 50.5 Å². The van der Waals surface area contributed by atoms with Crippen molar-refractivity contribution in [1.29, 1.82) is 0 Å². The molecule has 0 amide bonds. The second kappa shape index (κ2) is 11.3. The van der Waals surface area contributed by atoms with Crippen LogP contribution in [0.2, 0.25) is 0 Å². The number of halogens is 1. The number of ketones is 1. The van der Waals surface area contributed by atoms with Gasteiger partial charge >= 0.3 is 0 Å². The van der Waals surface area contributed by atoms with E-state index >= 15 is 4.39 Å². The first kappa shape index (κ1) is 28.1. The molecule has 202 valence electrons. The maximum Gasteiger partial charge on any atom is 0.197 e. The summed E-state index contributed by atoms with van der Waals surface area (Å²) in [6, 6.07) is 5.27. The van der Waals surface area contributed by atoms with Crippen LogP contribution in [-0.4, -0.2) is 56.0 Å². The van der Waals surface area contributed by atoms with E-state index in [0.717, 1.165) is 5.56 Å². The van der Waals surface area contributed by atoms with Gasteiger partial charge in [-0.05, 0) is 37.5 Å². The van der Waals surface area contributed by atoms with Gasteiger partial charge in [-0.2, -0.15) is 0 Å². The highest BCUT2D eigenvalue weighted by molar-refractivity contribution is 6.00. The number of methoxy groups -OCH3 is 1. The number of nitrogen functional groups attached to an aromatic ring is 1. The van der Waals surface area contributed by atoms with Crippen molar-refractivity contribution in [1.82, 2.24) is 4.57 Å². The molecular formula is C28H38FN3O5. The second-order valence-corrected chi connectivity index (χ2v) is 9.88. The molecule has 0 spiro atoms. The number of rotatable bonds is 11. The zero-order chi connectivity index (χ0) is 27.5. The van der Waals surface area contributed by atoms with Crippen LogP contribution >= 0.6 is 0 Å². The Bertz CT molecular complexity index is 1280. The number of aliphatic hydroxyl groups is 1. The number of nitrogens with two attached hydrogens (primary N) is 1. The van der Waals surface area contributed by atoms with E-state index in [0.29, 0.717) is 41.3 Å². The van der Waals surface area contributed by atoms with Gasteiger partial charge in [0.15, 0.2) is 23.1 Å². The monoisotopic (exact) mass is 515 g/mol. The normalized spacial score (nSPS) is 11.6. The van der Waals surface area contributed by atoms with Crippen LogP contribution in [0.15, 0.2) is 24.4 Å². The number of carbonyl (C=O) groups excluding carboxylic acids is 1. The standard InChI is InChI=1S/C28H38FN3O5/c1-8-36-22-14-18-15-32(27(30)23(18)24(29)26(22)37-9-2)16-21(34)17-12-19(28(3,4)5)25(35-7)20(13-17)31(6)10-11-33/h12-15,33H,8-11,16,30H2,1-7H3. The largest absolute Gasteiger partial charge is 0.494 e. The van der Waals surface area contributed by atoms with Gasteiger partial charge in [0.05, 0.1) is 44.5 Å². The third-order valence-electron chi connectivity index (χ3n) is 6.23. The highest BCUT2D eigenvalue weighted by Gasteiger charge is 2.26. The van der Waals surface area contributed by atoms with E-state index in [4.69, 9.17) is 19.9 Å². The van der Waals surface area contributed by atoms with E-state index in [1.54, 1.807) is 36.9 Å². The van der Waals surface area contributed by atoms with Gasteiger partial charge in [-0.25, -0.2) is 4.39 Å². The summed E-state index contributed by atoms with van der Waals surface area (Å²) in [6.07, 6.45) is 1.65. The number of ether oxygens (including phenoxy) is 3. The summed E-state index contributed by atoms with van der Waals surface area (Å²) in [4.78, 5) is 15.4. The molecule has 0 saturated carbocycles. The van der Waals surface area contributed by atoms with Gasteiger partial charge in [-0.3, -0.25) is 4.79 Å². The zero-order valence-corrected chi connectivity index (χ0v) is 22.8. The minimum atomic E-state index is -0.612. The Labute approximate surface area is 217 Å². The van der Waals surface area contributed by atoms with Crippen molar-refractivity contribution in [2.24, 2.45) is 0 Å². The Morgan fingerprint density at radius 3 is 2.38 bits per heavy atom. The average Bonchev–Trinajstić information content (AvgIpc) is 3.15. The number of benzene rings is 2. The van der Waals surface area contributed by atoms with E-state index in [1.165, 1.54) is 0 Å². The zero-order valence-electron chi connectivity index (χ0n) is 22.8. The lowest BCUT2D eigenvalue weighted by Crippen LogP contribution is -2.24. The van der Waals surface area contributed by atoms with Gasteiger partial charge in [-0.1, -0.05) is 20.8 Å². The summed E-state index contributed by atoms with van der Waals surface area (Å²) >= 11 is 0. The minimum absolute atomic E-state index is 0.00848. The van der Waals surface area contributed by atoms with E-state index in [-0.39, 0.29) is 47.9 Å². The Hall–Kier alpha value is -3.46. The molecule has 3 aromatic rings. The molecule has 2 aromatic carbocycles. The fraction of sp³-hybridized carbons (Fsp3) is 0.464. The van der Waals surface area contributed by atoms with E-state index in [2.05, 4.69) is 0 Å². The molecule has 0 aliphatic carbocycles. The lowest BCUT2D eigenvalue weighted by Gasteiger charge is -2.28. The Morgan fingerprint density at radius 2 is 1.81 bits per heavy atom. The molecule has 3 N–H and O–H groups in total. The predicted molar refractivity (Wildman–Crippen MR) is 145 cm³/mol. The van der Waals surface area contributed by atoms with Crippen LogP contribution in [0.3, 0.4) is 0 Å². The predicted octanol–water partition coefficient (Wildman–Crippen LogP) is 4.78. The SMILES string of the molecule is CCOc1cc2cn(CC(=O)c3cc(N(C)CCO)c(OC)c(C(C)(C)C)c3)c(N)c2c(F)c1OCC. The van der Waals surface area contributed by atoms with Gasteiger partial charge in [0.2, 0.25) is 0 Å². The third-order valence-corrected chi connectivity index (χ3v) is 6.23. The van der Waals surface area contributed by atoms with Crippen molar-refractivity contribution in [2.45, 2.75) is 46.6 Å². The van der Waals surface area contributed by atoms with E-state index < -0.39 is 5.82 Å². The number of Topliss-reactive ketones (excluding diaryl/α,β-unsaturated/α-hetero) is 1. The number of fused-ring (bicyclic) bond motifs is 1. The summed E-state index contributed by atoms with van der Waals surface area (Å²) in [5, 5.41) is 10.2. The first-order valence-electron chi connectivity index (χ1n) is 12.4. The van der Waals surface area contributed by atoms with Gasteiger partial charge in [-0.15, -0.1) is 0 Å². The molecule has 0 radical (unpaired) electrons. The van der Waals surface area contributed by atoms with Gasteiger partial charge in [0, 0.05) is 36.3 Å². The molecule has 0 unspecified atom stereocenters. The molecule has 1 aromatic heterocycles. The average molecular weight is 516 g/mol. The van der Waals surface area contributed by atoms with Crippen LogP contribution in [0.4, 0.5) is 15.9 Å². The number of nitrogens with zero attached hydrogens (tertiary/aromatic N) is 2. The lowest BCUT2D eigenvalue weighted by atomic mass is 9.84. The quantitative estimate of drug-likeness (QED) is 0.355. The van der Waals surface area contributed by atoms with Crippen molar-refractivity contribution in [3.63, 3.8) is 0 Å². The molecular weight excluding hydrogens is 477 g/mol. The summed E-state index contributed by atoms with van der Waals surface area (Å²) in [6.45, 7) is 10.5. The van der Waals surface area contributed by atoms with Crippen molar-refractivity contribution in [3.8, 4) is 17.2 Å². The molecule has 0 aliphatic rings. The van der Waals surface area contributed by atoms with Gasteiger partial charge in [0.25, 0.3) is 0 Å². The van der Waals surface area contributed by atoms with Crippen molar-refractivity contribution in [3.05, 3.63) is 41.3 Å². The molecule has 0 saturated heterocycles. The second-order valence-electron chi connectivity index (χ2n) is 9.88. The summed E-state index contributed by atoms with van der Waals surface area (Å²) < 4.78 is 33.8. The fourth-order valence-corrected chi connectivity index (χ4v) is 4.39. The maximum atomic E-state index is 15.4. The number of carbonyl (C=O) groups is 1. The third kappa shape index (κ3) is 5.61. The number of aliphatic hydroxyl groups excluding tert-OH is 1. The van der Waals surface area contributed by atoms with Crippen molar-refractivity contribution < 1.29 is 28.5 Å². The number of hydrogen-bond donors (Lipinski definition) is 2. The number of hydrogen-bond acceptors (Lipinski definition) is 7.